The van der Waals surface area contributed by atoms with E-state index in [9.17, 15) is 14.4 Å². The average molecular weight is 472 g/mol. The molecule has 0 spiro atoms. The number of ether oxygens (including phenoxy) is 1. The van der Waals surface area contributed by atoms with Gasteiger partial charge >= 0.3 is 11.7 Å². The van der Waals surface area contributed by atoms with Crippen molar-refractivity contribution in [1.29, 1.82) is 0 Å². The summed E-state index contributed by atoms with van der Waals surface area (Å²) < 4.78 is 11.2. The minimum atomic E-state index is -0.668. The summed E-state index contributed by atoms with van der Waals surface area (Å²) in [5.74, 6) is -0.139. The first kappa shape index (κ1) is 22.4. The molecule has 0 bridgehead atoms. The van der Waals surface area contributed by atoms with Gasteiger partial charge in [0.15, 0.2) is 11.2 Å². The van der Waals surface area contributed by atoms with Crippen LogP contribution in [0.15, 0.2) is 64.2 Å². The first-order chi connectivity index (χ1) is 16.8. The van der Waals surface area contributed by atoms with Gasteiger partial charge in [-0.1, -0.05) is 48.5 Å². The van der Waals surface area contributed by atoms with Crippen molar-refractivity contribution in [1.82, 2.24) is 23.1 Å². The highest BCUT2D eigenvalue weighted by atomic mass is 16.5. The van der Waals surface area contributed by atoms with Gasteiger partial charge in [0.2, 0.25) is 5.78 Å². The van der Waals surface area contributed by atoms with Crippen molar-refractivity contribution in [2.24, 2.45) is 7.05 Å². The van der Waals surface area contributed by atoms with E-state index in [2.05, 4.69) is 0 Å². The van der Waals surface area contributed by atoms with Crippen molar-refractivity contribution >= 4 is 22.9 Å². The summed E-state index contributed by atoms with van der Waals surface area (Å²) in [4.78, 5) is 43.8. The minimum Gasteiger partial charge on any atom is -0.459 e. The van der Waals surface area contributed by atoms with Crippen molar-refractivity contribution < 1.29 is 9.53 Å². The zero-order valence-electron chi connectivity index (χ0n) is 20.0. The number of rotatable bonds is 5. The smallest absolute Gasteiger partial charge is 0.333 e. The van der Waals surface area contributed by atoms with E-state index in [0.717, 1.165) is 32.8 Å². The number of aryl methyl sites for hydroxylation is 3. The largest absolute Gasteiger partial charge is 0.459 e. The SMILES string of the molecule is Cc1ccccc1-n1c(C)c(C)n2c3c(=O)n(CC(=O)OCc4ccccc4)c(=O)n(C)c3nc12. The summed E-state index contributed by atoms with van der Waals surface area (Å²) in [7, 11) is 1.54. The first-order valence-corrected chi connectivity index (χ1v) is 11.2. The molecule has 0 fully saturated rings. The molecule has 35 heavy (non-hydrogen) atoms. The van der Waals surface area contributed by atoms with E-state index in [0.29, 0.717) is 5.78 Å². The van der Waals surface area contributed by atoms with E-state index in [1.165, 1.54) is 4.57 Å². The fraction of sp³-hybridized carbons (Fsp3) is 0.231. The highest BCUT2D eigenvalue weighted by Crippen LogP contribution is 2.26. The van der Waals surface area contributed by atoms with Crippen molar-refractivity contribution in [3.8, 4) is 5.69 Å². The Balaban J connectivity index is 1.64. The fourth-order valence-corrected chi connectivity index (χ4v) is 4.41. The van der Waals surface area contributed by atoms with Crippen LogP contribution in [0, 0.1) is 20.8 Å². The van der Waals surface area contributed by atoms with Crippen LogP contribution in [0.2, 0.25) is 0 Å². The zero-order chi connectivity index (χ0) is 24.9. The molecular formula is C26H25N5O4. The Morgan fingerprint density at radius 3 is 2.34 bits per heavy atom. The van der Waals surface area contributed by atoms with Crippen molar-refractivity contribution in [2.75, 3.05) is 0 Å². The van der Waals surface area contributed by atoms with Gasteiger partial charge in [-0.25, -0.2) is 9.36 Å². The van der Waals surface area contributed by atoms with Crippen molar-refractivity contribution in [3.63, 3.8) is 0 Å². The Morgan fingerprint density at radius 1 is 0.943 bits per heavy atom. The predicted molar refractivity (Wildman–Crippen MR) is 132 cm³/mol. The Labute approximate surface area is 200 Å². The number of nitrogens with zero attached hydrogens (tertiary/aromatic N) is 5. The quantitative estimate of drug-likeness (QED) is 0.368. The lowest BCUT2D eigenvalue weighted by Crippen LogP contribution is -2.41. The van der Waals surface area contributed by atoms with Gasteiger partial charge < -0.3 is 4.74 Å². The molecule has 5 rings (SSSR count). The van der Waals surface area contributed by atoms with Crippen molar-refractivity contribution in [2.45, 2.75) is 33.9 Å². The first-order valence-electron chi connectivity index (χ1n) is 11.2. The number of hydrogen-bond acceptors (Lipinski definition) is 5. The predicted octanol–water partition coefficient (Wildman–Crippen LogP) is 2.81. The topological polar surface area (TPSA) is 92.5 Å². The van der Waals surface area contributed by atoms with Crippen LogP contribution in [0.1, 0.15) is 22.5 Å². The molecule has 3 aromatic heterocycles. The van der Waals surface area contributed by atoms with E-state index >= 15 is 0 Å². The number of hydrogen-bond donors (Lipinski definition) is 0. The number of carbonyl (C=O) groups excluding carboxylic acids is 1. The molecule has 9 heteroatoms. The van der Waals surface area contributed by atoms with Crippen LogP contribution in [-0.2, 0) is 29.7 Å². The second-order valence-electron chi connectivity index (χ2n) is 8.59. The number of esters is 1. The zero-order valence-corrected chi connectivity index (χ0v) is 20.0. The molecule has 178 valence electrons. The van der Waals surface area contributed by atoms with Gasteiger partial charge in [0, 0.05) is 18.4 Å². The molecular weight excluding hydrogens is 446 g/mol. The summed E-state index contributed by atoms with van der Waals surface area (Å²) in [5, 5.41) is 0. The highest BCUT2D eigenvalue weighted by molar-refractivity contribution is 5.78. The van der Waals surface area contributed by atoms with E-state index < -0.39 is 23.8 Å². The maximum Gasteiger partial charge on any atom is 0.333 e. The molecule has 2 aromatic carbocycles. The van der Waals surface area contributed by atoms with Crippen LogP contribution in [0.5, 0.6) is 0 Å². The van der Waals surface area contributed by atoms with Crippen LogP contribution in [0.4, 0.5) is 0 Å². The van der Waals surface area contributed by atoms with Crippen LogP contribution >= 0.6 is 0 Å². The number of fused-ring (bicyclic) bond motifs is 3. The second-order valence-corrected chi connectivity index (χ2v) is 8.59. The third-order valence-corrected chi connectivity index (χ3v) is 6.41. The molecule has 3 heterocycles. The molecule has 0 aliphatic rings. The van der Waals surface area contributed by atoms with E-state index in [-0.39, 0.29) is 17.8 Å². The molecule has 0 aliphatic carbocycles. The third kappa shape index (κ3) is 3.56. The highest BCUT2D eigenvalue weighted by Gasteiger charge is 2.24. The summed E-state index contributed by atoms with van der Waals surface area (Å²) in [6, 6.07) is 17.1. The monoisotopic (exact) mass is 471 g/mol. The van der Waals surface area contributed by atoms with Crippen LogP contribution < -0.4 is 11.2 Å². The lowest BCUT2D eigenvalue weighted by Gasteiger charge is -2.10. The molecule has 5 aromatic rings. The van der Waals surface area contributed by atoms with Crippen LogP contribution in [0.3, 0.4) is 0 Å². The second kappa shape index (κ2) is 8.43. The minimum absolute atomic E-state index is 0.0610. The Kier molecular flexibility index (Phi) is 5.39. The maximum atomic E-state index is 13.5. The Hall–Kier alpha value is -4.40. The van der Waals surface area contributed by atoms with E-state index in [1.807, 2.05) is 79.9 Å². The number of aromatic nitrogens is 5. The standard InChI is InChI=1S/C26H25N5O4/c1-16-10-8-9-13-20(16)30-17(2)18(3)31-22-23(27-25(30)31)28(4)26(34)29(24(22)33)14-21(32)35-15-19-11-6-5-7-12-19/h5-13H,14-15H2,1-4H3. The lowest BCUT2D eigenvalue weighted by atomic mass is 10.2. The normalized spacial score (nSPS) is 11.4. The molecule has 0 saturated carbocycles. The molecule has 0 N–H and O–H groups in total. The van der Waals surface area contributed by atoms with Gasteiger partial charge in [0.1, 0.15) is 13.2 Å². The van der Waals surface area contributed by atoms with Crippen LogP contribution in [0.25, 0.3) is 22.6 Å². The summed E-state index contributed by atoms with van der Waals surface area (Å²) in [6.07, 6.45) is 0. The molecule has 0 unspecified atom stereocenters. The lowest BCUT2D eigenvalue weighted by molar-refractivity contribution is -0.145. The van der Waals surface area contributed by atoms with Gasteiger partial charge in [-0.3, -0.25) is 23.1 Å². The van der Waals surface area contributed by atoms with E-state index in [1.54, 1.807) is 11.4 Å². The average Bonchev–Trinajstić information content (AvgIpc) is 3.35. The Morgan fingerprint density at radius 2 is 1.63 bits per heavy atom. The number of benzene rings is 2. The van der Waals surface area contributed by atoms with Gasteiger partial charge in [-0.2, -0.15) is 4.98 Å². The van der Waals surface area contributed by atoms with E-state index in [4.69, 9.17) is 9.72 Å². The van der Waals surface area contributed by atoms with Crippen LogP contribution in [-0.4, -0.2) is 29.1 Å². The number of para-hydroxylation sites is 1. The molecule has 0 saturated heterocycles. The fourth-order valence-electron chi connectivity index (χ4n) is 4.41. The maximum absolute atomic E-state index is 13.5. The molecule has 0 amide bonds. The number of carbonyl (C=O) groups is 1. The van der Waals surface area contributed by atoms with Gasteiger partial charge in [-0.05, 0) is 38.0 Å². The summed E-state index contributed by atoms with van der Waals surface area (Å²) in [5.41, 5.74) is 3.83. The van der Waals surface area contributed by atoms with Crippen molar-refractivity contribution in [3.05, 3.63) is 98.0 Å². The molecule has 9 nitrogen and oxygen atoms in total. The third-order valence-electron chi connectivity index (χ3n) is 6.41. The molecule has 0 radical (unpaired) electrons. The van der Waals surface area contributed by atoms with Gasteiger partial charge in [0.25, 0.3) is 5.56 Å². The van der Waals surface area contributed by atoms with Gasteiger partial charge in [0.05, 0.1) is 5.69 Å². The summed E-state index contributed by atoms with van der Waals surface area (Å²) >= 11 is 0. The number of imidazole rings is 2. The Bertz CT molecular complexity index is 1720. The molecule has 0 aliphatic heterocycles. The molecule has 0 atom stereocenters. The summed E-state index contributed by atoms with van der Waals surface area (Å²) in [6.45, 7) is 5.45. The van der Waals surface area contributed by atoms with Gasteiger partial charge in [-0.15, -0.1) is 0 Å².